The maximum Gasteiger partial charge on any atom is 0.118 e. The first-order valence-electron chi connectivity index (χ1n) is 7.21. The van der Waals surface area contributed by atoms with Crippen LogP contribution in [0.4, 0.5) is 0 Å². The van der Waals surface area contributed by atoms with Crippen molar-refractivity contribution in [3.63, 3.8) is 0 Å². The maximum absolute atomic E-state index is 5.22. The Kier molecular flexibility index (Phi) is 5.67. The molecule has 106 valence electrons. The van der Waals surface area contributed by atoms with Gasteiger partial charge in [-0.3, -0.25) is 0 Å². The number of nitrogens with one attached hydrogen (secondary N) is 1. The molecule has 1 saturated carbocycles. The van der Waals surface area contributed by atoms with Crippen LogP contribution < -0.4 is 10.1 Å². The van der Waals surface area contributed by atoms with E-state index in [9.17, 15) is 0 Å². The Morgan fingerprint density at radius 3 is 2.47 bits per heavy atom. The van der Waals surface area contributed by atoms with Crippen molar-refractivity contribution in [1.82, 2.24) is 5.32 Å². The zero-order chi connectivity index (χ0) is 13.5. The highest BCUT2D eigenvalue weighted by Gasteiger charge is 2.31. The molecule has 0 radical (unpaired) electrons. The summed E-state index contributed by atoms with van der Waals surface area (Å²) in [6.45, 7) is 1.93. The molecule has 1 fully saturated rings. The Hall–Kier alpha value is -1.06. The highest BCUT2D eigenvalue weighted by atomic mass is 16.5. The molecular weight excluding hydrogens is 238 g/mol. The highest BCUT2D eigenvalue weighted by molar-refractivity contribution is 5.30. The standard InChI is InChI=1S/C16H25NO2/c1-18-12-4-3-11-17-16(13-5-6-13)14-7-9-15(19-2)10-8-14/h7-10,13,16-17H,3-6,11-12H2,1-2H3. The lowest BCUT2D eigenvalue weighted by Crippen LogP contribution is -2.24. The molecule has 1 aliphatic rings. The van der Waals surface area contributed by atoms with Gasteiger partial charge >= 0.3 is 0 Å². The average molecular weight is 263 g/mol. The topological polar surface area (TPSA) is 30.5 Å². The number of ether oxygens (including phenoxy) is 2. The molecule has 3 heteroatoms. The summed E-state index contributed by atoms with van der Waals surface area (Å²) in [6.07, 6.45) is 5.00. The predicted molar refractivity (Wildman–Crippen MR) is 77.6 cm³/mol. The van der Waals surface area contributed by atoms with Crippen molar-refractivity contribution in [2.24, 2.45) is 5.92 Å². The first-order chi connectivity index (χ1) is 9.35. The van der Waals surface area contributed by atoms with Gasteiger partial charge in [0.05, 0.1) is 7.11 Å². The second-order valence-corrected chi connectivity index (χ2v) is 5.24. The number of hydrogen-bond acceptors (Lipinski definition) is 3. The fourth-order valence-electron chi connectivity index (χ4n) is 2.43. The van der Waals surface area contributed by atoms with Crippen molar-refractivity contribution in [2.45, 2.75) is 31.7 Å². The second kappa shape index (κ2) is 7.51. The zero-order valence-corrected chi connectivity index (χ0v) is 12.0. The fraction of sp³-hybridized carbons (Fsp3) is 0.625. The van der Waals surface area contributed by atoms with Crippen molar-refractivity contribution < 1.29 is 9.47 Å². The number of benzene rings is 1. The van der Waals surface area contributed by atoms with E-state index in [1.54, 1.807) is 14.2 Å². The van der Waals surface area contributed by atoms with Crippen molar-refractivity contribution in [2.75, 3.05) is 27.4 Å². The van der Waals surface area contributed by atoms with Crippen LogP contribution in [0, 0.1) is 5.92 Å². The molecule has 1 N–H and O–H groups in total. The molecule has 0 amide bonds. The second-order valence-electron chi connectivity index (χ2n) is 5.24. The van der Waals surface area contributed by atoms with E-state index >= 15 is 0 Å². The molecule has 2 rings (SSSR count). The maximum atomic E-state index is 5.22. The van der Waals surface area contributed by atoms with Crippen LogP contribution >= 0.6 is 0 Å². The van der Waals surface area contributed by atoms with E-state index in [4.69, 9.17) is 9.47 Å². The van der Waals surface area contributed by atoms with Gasteiger partial charge in [-0.15, -0.1) is 0 Å². The first kappa shape index (κ1) is 14.4. The number of rotatable bonds is 9. The molecule has 0 spiro atoms. The van der Waals surface area contributed by atoms with Crippen LogP contribution in [-0.2, 0) is 4.74 Å². The molecule has 3 nitrogen and oxygen atoms in total. The van der Waals surface area contributed by atoms with Crippen molar-refractivity contribution in [3.8, 4) is 5.75 Å². The van der Waals surface area contributed by atoms with Gasteiger partial charge in [-0.05, 0) is 55.8 Å². The summed E-state index contributed by atoms with van der Waals surface area (Å²) in [5, 5.41) is 3.70. The monoisotopic (exact) mass is 263 g/mol. The molecule has 0 aliphatic heterocycles. The predicted octanol–water partition coefficient (Wildman–Crippen LogP) is 3.16. The van der Waals surface area contributed by atoms with Crippen LogP contribution in [0.15, 0.2) is 24.3 Å². The molecule has 1 unspecified atom stereocenters. The zero-order valence-electron chi connectivity index (χ0n) is 12.0. The molecule has 1 aromatic rings. The number of methoxy groups -OCH3 is 2. The van der Waals surface area contributed by atoms with E-state index in [0.717, 1.165) is 31.2 Å². The minimum atomic E-state index is 0.508. The van der Waals surface area contributed by atoms with E-state index in [-0.39, 0.29) is 0 Å². The van der Waals surface area contributed by atoms with Gasteiger partial charge in [-0.25, -0.2) is 0 Å². The van der Waals surface area contributed by atoms with E-state index in [0.29, 0.717) is 6.04 Å². The lowest BCUT2D eigenvalue weighted by atomic mass is 10.0. The van der Waals surface area contributed by atoms with Crippen LogP contribution in [0.25, 0.3) is 0 Å². The molecule has 19 heavy (non-hydrogen) atoms. The molecule has 0 aromatic heterocycles. The van der Waals surface area contributed by atoms with E-state index in [2.05, 4.69) is 29.6 Å². The van der Waals surface area contributed by atoms with Gasteiger partial charge in [0.15, 0.2) is 0 Å². The summed E-state index contributed by atoms with van der Waals surface area (Å²) in [6, 6.07) is 8.98. The molecule has 1 aliphatic carbocycles. The summed E-state index contributed by atoms with van der Waals surface area (Å²) in [7, 11) is 3.47. The van der Waals surface area contributed by atoms with Gasteiger partial charge in [0.2, 0.25) is 0 Å². The van der Waals surface area contributed by atoms with Crippen molar-refractivity contribution in [1.29, 1.82) is 0 Å². The van der Waals surface area contributed by atoms with Gasteiger partial charge in [-0.2, -0.15) is 0 Å². The lowest BCUT2D eigenvalue weighted by molar-refractivity contribution is 0.192. The van der Waals surface area contributed by atoms with Gasteiger partial charge < -0.3 is 14.8 Å². The number of hydrogen-bond donors (Lipinski definition) is 1. The minimum Gasteiger partial charge on any atom is -0.497 e. The van der Waals surface area contributed by atoms with Crippen LogP contribution in [0.1, 0.15) is 37.3 Å². The Morgan fingerprint density at radius 1 is 1.16 bits per heavy atom. The summed E-state index contributed by atoms with van der Waals surface area (Å²) < 4.78 is 10.3. The summed E-state index contributed by atoms with van der Waals surface area (Å²) >= 11 is 0. The SMILES string of the molecule is COCCCCNC(c1ccc(OC)cc1)C1CC1. The van der Waals surface area contributed by atoms with Crippen molar-refractivity contribution in [3.05, 3.63) is 29.8 Å². The van der Waals surface area contributed by atoms with E-state index < -0.39 is 0 Å². The van der Waals surface area contributed by atoms with Crippen LogP contribution in [0.2, 0.25) is 0 Å². The molecule has 0 saturated heterocycles. The fourth-order valence-corrected chi connectivity index (χ4v) is 2.43. The van der Waals surface area contributed by atoms with E-state index in [1.165, 1.54) is 24.8 Å². The van der Waals surface area contributed by atoms with Crippen molar-refractivity contribution >= 4 is 0 Å². The third-order valence-corrected chi connectivity index (χ3v) is 3.71. The van der Waals surface area contributed by atoms with Gasteiger partial charge in [0, 0.05) is 19.8 Å². The first-order valence-corrected chi connectivity index (χ1v) is 7.21. The van der Waals surface area contributed by atoms with Gasteiger partial charge in [0.25, 0.3) is 0 Å². The largest absolute Gasteiger partial charge is 0.497 e. The van der Waals surface area contributed by atoms with E-state index in [1.807, 2.05) is 0 Å². The third kappa shape index (κ3) is 4.51. The average Bonchev–Trinajstić information content (AvgIpc) is 3.28. The summed E-state index contributed by atoms with van der Waals surface area (Å²) in [5.41, 5.74) is 1.38. The lowest BCUT2D eigenvalue weighted by Gasteiger charge is -2.19. The smallest absolute Gasteiger partial charge is 0.118 e. The Bertz CT molecular complexity index is 360. The minimum absolute atomic E-state index is 0.508. The summed E-state index contributed by atoms with van der Waals surface area (Å²) in [4.78, 5) is 0. The molecule has 1 atom stereocenters. The van der Waals surface area contributed by atoms with Gasteiger partial charge in [-0.1, -0.05) is 12.1 Å². The van der Waals surface area contributed by atoms with Crippen LogP contribution in [0.5, 0.6) is 5.75 Å². The molecule has 0 bridgehead atoms. The van der Waals surface area contributed by atoms with Crippen LogP contribution in [-0.4, -0.2) is 27.4 Å². The Morgan fingerprint density at radius 2 is 1.89 bits per heavy atom. The third-order valence-electron chi connectivity index (χ3n) is 3.71. The van der Waals surface area contributed by atoms with Gasteiger partial charge in [0.1, 0.15) is 5.75 Å². The number of unbranched alkanes of at least 4 members (excludes halogenated alkanes) is 1. The quantitative estimate of drug-likeness (QED) is 0.694. The highest BCUT2D eigenvalue weighted by Crippen LogP contribution is 2.41. The normalized spacial score (nSPS) is 16.3. The molecule has 1 aromatic carbocycles. The molecular formula is C16H25NO2. The van der Waals surface area contributed by atoms with Crippen LogP contribution in [0.3, 0.4) is 0 Å². The Balaban J connectivity index is 1.84. The molecule has 0 heterocycles. The Labute approximate surface area is 116 Å². The summed E-state index contributed by atoms with van der Waals surface area (Å²) in [5.74, 6) is 1.74.